The molecule has 0 bridgehead atoms. The Hall–Kier alpha value is -3.50. The highest BCUT2D eigenvalue weighted by atomic mass is 35.5. The van der Waals surface area contributed by atoms with Gasteiger partial charge in [-0.3, -0.25) is 14.9 Å². The van der Waals surface area contributed by atoms with Crippen molar-refractivity contribution in [2.75, 3.05) is 31.2 Å². The number of non-ortho nitro benzene ring substituents is 1. The van der Waals surface area contributed by atoms with Gasteiger partial charge in [0.05, 0.1) is 46.5 Å². The Bertz CT molecular complexity index is 1190. The smallest absolute Gasteiger partial charge is 0.270 e. The number of amides is 1. The van der Waals surface area contributed by atoms with Crippen molar-refractivity contribution in [2.24, 2.45) is 0 Å². The predicted octanol–water partition coefficient (Wildman–Crippen LogP) is 4.19. The summed E-state index contributed by atoms with van der Waals surface area (Å²) in [5.74, 6) is 0.120. The van der Waals surface area contributed by atoms with Crippen LogP contribution in [0.25, 0.3) is 11.5 Å². The number of hydrogen-bond donors (Lipinski definition) is 0. The third kappa shape index (κ3) is 5.02. The zero-order valence-electron chi connectivity index (χ0n) is 18.8. The summed E-state index contributed by atoms with van der Waals surface area (Å²) in [6.45, 7) is 5.97. The van der Waals surface area contributed by atoms with Gasteiger partial charge in [-0.25, -0.2) is 0 Å². The molecule has 2 heterocycles. The Labute approximate surface area is 201 Å². The summed E-state index contributed by atoms with van der Waals surface area (Å²) in [6, 6.07) is 11.2. The third-order valence-electron chi connectivity index (χ3n) is 5.53. The largest absolute Gasteiger partial charge is 0.419 e. The first-order valence-electron chi connectivity index (χ1n) is 10.8. The predicted molar refractivity (Wildman–Crippen MR) is 126 cm³/mol. The van der Waals surface area contributed by atoms with Crippen molar-refractivity contribution < 1.29 is 18.9 Å². The van der Waals surface area contributed by atoms with E-state index < -0.39 is 4.92 Å². The van der Waals surface area contributed by atoms with E-state index in [2.05, 4.69) is 10.2 Å². The molecule has 1 aromatic heterocycles. The van der Waals surface area contributed by atoms with E-state index in [1.54, 1.807) is 29.2 Å². The lowest BCUT2D eigenvalue weighted by Crippen LogP contribution is -2.40. The molecule has 4 rings (SSSR count). The first-order valence-corrected chi connectivity index (χ1v) is 11.2. The molecule has 10 nitrogen and oxygen atoms in total. The second kappa shape index (κ2) is 10.2. The van der Waals surface area contributed by atoms with Crippen LogP contribution in [0.2, 0.25) is 5.02 Å². The van der Waals surface area contributed by atoms with Crippen LogP contribution in [0.4, 0.5) is 11.4 Å². The number of morpholine rings is 1. The molecule has 2 aromatic carbocycles. The van der Waals surface area contributed by atoms with E-state index in [4.69, 9.17) is 20.8 Å². The molecule has 3 aromatic rings. The van der Waals surface area contributed by atoms with Crippen molar-refractivity contribution in [2.45, 2.75) is 26.4 Å². The first-order chi connectivity index (χ1) is 16.3. The first kappa shape index (κ1) is 23.7. The Morgan fingerprint density at radius 1 is 1.21 bits per heavy atom. The van der Waals surface area contributed by atoms with E-state index in [1.165, 1.54) is 12.1 Å². The highest BCUT2D eigenvalue weighted by molar-refractivity contribution is 6.33. The van der Waals surface area contributed by atoms with Crippen LogP contribution in [0.1, 0.15) is 30.1 Å². The summed E-state index contributed by atoms with van der Waals surface area (Å²) in [4.78, 5) is 28.2. The molecule has 0 spiro atoms. The van der Waals surface area contributed by atoms with Gasteiger partial charge in [-0.2, -0.15) is 0 Å². The van der Waals surface area contributed by atoms with Crippen molar-refractivity contribution in [1.29, 1.82) is 0 Å². The number of nitrogens with zero attached hydrogens (tertiary/aromatic N) is 5. The standard InChI is InChI=1S/C23H24ClN5O5/c1-15(2)28(14-21-25-26-22(34-21)17-5-3-4-6-19(17)24)23(30)18-13-16(29(31)32)7-8-20(18)27-9-11-33-12-10-27/h3-8,13,15H,9-12,14H2,1-2H3. The minimum absolute atomic E-state index is 0.0409. The van der Waals surface area contributed by atoms with Gasteiger partial charge in [0.1, 0.15) is 0 Å². The summed E-state index contributed by atoms with van der Waals surface area (Å²) in [5.41, 5.74) is 1.32. The average Bonchev–Trinajstić information content (AvgIpc) is 3.31. The molecule has 0 saturated carbocycles. The Balaban J connectivity index is 1.65. The third-order valence-corrected chi connectivity index (χ3v) is 5.86. The van der Waals surface area contributed by atoms with Gasteiger partial charge in [0, 0.05) is 31.3 Å². The summed E-state index contributed by atoms with van der Waals surface area (Å²) in [5, 5.41) is 20.1. The Morgan fingerprint density at radius 2 is 1.94 bits per heavy atom. The zero-order valence-corrected chi connectivity index (χ0v) is 19.6. The number of hydrogen-bond acceptors (Lipinski definition) is 8. The lowest BCUT2D eigenvalue weighted by Gasteiger charge is -2.32. The molecule has 0 unspecified atom stereocenters. The number of carbonyl (C=O) groups excluding carboxylic acids is 1. The topological polar surface area (TPSA) is 115 Å². The second-order valence-electron chi connectivity index (χ2n) is 8.07. The van der Waals surface area contributed by atoms with Gasteiger partial charge in [0.2, 0.25) is 11.8 Å². The summed E-state index contributed by atoms with van der Waals surface area (Å²) >= 11 is 6.23. The number of benzene rings is 2. The fourth-order valence-corrected chi connectivity index (χ4v) is 3.96. The van der Waals surface area contributed by atoms with E-state index in [9.17, 15) is 14.9 Å². The van der Waals surface area contributed by atoms with Crippen LogP contribution in [0.3, 0.4) is 0 Å². The van der Waals surface area contributed by atoms with Crippen LogP contribution in [0.5, 0.6) is 0 Å². The summed E-state index contributed by atoms with van der Waals surface area (Å²) < 4.78 is 11.2. The van der Waals surface area contributed by atoms with Crippen LogP contribution in [-0.2, 0) is 11.3 Å². The quantitative estimate of drug-likeness (QED) is 0.361. The number of aromatic nitrogens is 2. The van der Waals surface area contributed by atoms with Crippen LogP contribution in [0, 0.1) is 10.1 Å². The second-order valence-corrected chi connectivity index (χ2v) is 8.47. The molecule has 1 saturated heterocycles. The van der Waals surface area contributed by atoms with E-state index >= 15 is 0 Å². The van der Waals surface area contributed by atoms with Gasteiger partial charge >= 0.3 is 0 Å². The van der Waals surface area contributed by atoms with E-state index in [1.807, 2.05) is 24.8 Å². The van der Waals surface area contributed by atoms with Crippen molar-refractivity contribution in [3.63, 3.8) is 0 Å². The fraction of sp³-hybridized carbons (Fsp3) is 0.348. The molecular formula is C23H24ClN5O5. The van der Waals surface area contributed by atoms with E-state index in [0.29, 0.717) is 42.6 Å². The molecule has 178 valence electrons. The van der Waals surface area contributed by atoms with Crippen molar-refractivity contribution in [3.8, 4) is 11.5 Å². The maximum absolute atomic E-state index is 13.7. The van der Waals surface area contributed by atoms with Crippen molar-refractivity contribution in [1.82, 2.24) is 15.1 Å². The molecule has 1 aliphatic heterocycles. The number of anilines is 1. The van der Waals surface area contributed by atoms with Gasteiger partial charge in [-0.05, 0) is 32.0 Å². The molecule has 1 fully saturated rings. The molecule has 34 heavy (non-hydrogen) atoms. The number of halogens is 1. The Morgan fingerprint density at radius 3 is 2.62 bits per heavy atom. The molecule has 0 aliphatic carbocycles. The van der Waals surface area contributed by atoms with Gasteiger partial charge in [-0.1, -0.05) is 23.7 Å². The molecular weight excluding hydrogens is 462 g/mol. The Kier molecular flexibility index (Phi) is 7.09. The lowest BCUT2D eigenvalue weighted by atomic mass is 10.1. The number of nitro benzene ring substituents is 1. The van der Waals surface area contributed by atoms with Crippen molar-refractivity contribution >= 4 is 28.9 Å². The molecule has 0 N–H and O–H groups in total. The highest BCUT2D eigenvalue weighted by Gasteiger charge is 2.28. The SMILES string of the molecule is CC(C)N(Cc1nnc(-c2ccccc2Cl)o1)C(=O)c1cc([N+](=O)[O-])ccc1N1CCOCC1. The lowest BCUT2D eigenvalue weighted by molar-refractivity contribution is -0.384. The van der Waals surface area contributed by atoms with Gasteiger partial charge < -0.3 is 19.0 Å². The molecule has 1 aliphatic rings. The number of carbonyl (C=O) groups is 1. The minimum Gasteiger partial charge on any atom is -0.419 e. The number of nitro groups is 1. The molecule has 1 amide bonds. The monoisotopic (exact) mass is 485 g/mol. The van der Waals surface area contributed by atoms with Crippen LogP contribution in [0.15, 0.2) is 46.9 Å². The molecule has 0 atom stereocenters. The summed E-state index contributed by atoms with van der Waals surface area (Å²) in [7, 11) is 0. The minimum atomic E-state index is -0.506. The summed E-state index contributed by atoms with van der Waals surface area (Å²) in [6.07, 6.45) is 0. The average molecular weight is 486 g/mol. The molecule has 11 heteroatoms. The number of rotatable bonds is 7. The van der Waals surface area contributed by atoms with E-state index in [-0.39, 0.29) is 41.5 Å². The maximum Gasteiger partial charge on any atom is 0.270 e. The molecule has 0 radical (unpaired) electrons. The maximum atomic E-state index is 13.7. The van der Waals surface area contributed by atoms with Crippen LogP contribution >= 0.6 is 11.6 Å². The van der Waals surface area contributed by atoms with Crippen LogP contribution in [-0.4, -0.2) is 58.3 Å². The zero-order chi connectivity index (χ0) is 24.2. The van der Waals surface area contributed by atoms with Crippen LogP contribution < -0.4 is 4.90 Å². The number of ether oxygens (including phenoxy) is 1. The van der Waals surface area contributed by atoms with Gasteiger partial charge in [0.15, 0.2) is 0 Å². The van der Waals surface area contributed by atoms with E-state index in [0.717, 1.165) is 0 Å². The fourth-order valence-electron chi connectivity index (χ4n) is 3.74. The normalized spacial score (nSPS) is 13.8. The van der Waals surface area contributed by atoms with Gasteiger partial charge in [0.25, 0.3) is 11.6 Å². The van der Waals surface area contributed by atoms with Crippen molar-refractivity contribution in [3.05, 3.63) is 69.1 Å². The highest BCUT2D eigenvalue weighted by Crippen LogP contribution is 2.30. The van der Waals surface area contributed by atoms with Gasteiger partial charge in [-0.15, -0.1) is 10.2 Å².